The van der Waals surface area contributed by atoms with E-state index in [1.807, 2.05) is 62.4 Å². The molecule has 1 heterocycles. The lowest BCUT2D eigenvalue weighted by atomic mass is 9.74. The fourth-order valence-electron chi connectivity index (χ4n) is 3.46. The fraction of sp³-hybridized carbons (Fsp3) is 0.350. The van der Waals surface area contributed by atoms with E-state index in [2.05, 4.69) is 0 Å². The van der Waals surface area contributed by atoms with Crippen molar-refractivity contribution in [3.8, 4) is 11.5 Å². The SMILES string of the molecule is CCN(CC)C(=O)[C@H](C)C1(O)c2ccccc2Oc2ccccc21. The van der Waals surface area contributed by atoms with Crippen LogP contribution in [0.5, 0.6) is 11.5 Å². The molecule has 0 bridgehead atoms. The Bertz CT molecular complexity index is 707. The first kappa shape index (κ1) is 16.5. The molecule has 24 heavy (non-hydrogen) atoms. The van der Waals surface area contributed by atoms with Crippen molar-refractivity contribution in [2.75, 3.05) is 13.1 Å². The van der Waals surface area contributed by atoms with E-state index in [1.165, 1.54) is 0 Å². The Labute approximate surface area is 142 Å². The summed E-state index contributed by atoms with van der Waals surface area (Å²) in [6.07, 6.45) is 0. The molecule has 1 atom stereocenters. The van der Waals surface area contributed by atoms with Gasteiger partial charge in [-0.1, -0.05) is 43.3 Å². The number of amides is 1. The van der Waals surface area contributed by atoms with Gasteiger partial charge in [0.25, 0.3) is 0 Å². The molecule has 1 aliphatic heterocycles. The van der Waals surface area contributed by atoms with E-state index < -0.39 is 11.5 Å². The smallest absolute Gasteiger partial charge is 0.229 e. The number of carbonyl (C=O) groups excluding carboxylic acids is 1. The summed E-state index contributed by atoms with van der Waals surface area (Å²) in [5.41, 5.74) is -0.140. The second-order valence-electron chi connectivity index (χ2n) is 6.09. The minimum Gasteiger partial charge on any atom is -0.457 e. The van der Waals surface area contributed by atoms with Gasteiger partial charge in [0.15, 0.2) is 0 Å². The first-order chi connectivity index (χ1) is 11.5. The van der Waals surface area contributed by atoms with Crippen LogP contribution >= 0.6 is 0 Å². The van der Waals surface area contributed by atoms with Crippen LogP contribution in [0.15, 0.2) is 48.5 Å². The largest absolute Gasteiger partial charge is 0.457 e. The van der Waals surface area contributed by atoms with Crippen LogP contribution < -0.4 is 4.74 Å². The third kappa shape index (κ3) is 2.38. The molecule has 0 aromatic heterocycles. The Balaban J connectivity index is 2.16. The van der Waals surface area contributed by atoms with Crippen molar-refractivity contribution in [1.82, 2.24) is 4.90 Å². The quantitative estimate of drug-likeness (QED) is 0.935. The van der Waals surface area contributed by atoms with E-state index in [1.54, 1.807) is 11.8 Å². The summed E-state index contributed by atoms with van der Waals surface area (Å²) < 4.78 is 5.93. The molecule has 0 radical (unpaired) electrons. The van der Waals surface area contributed by atoms with Gasteiger partial charge in [-0.2, -0.15) is 0 Å². The topological polar surface area (TPSA) is 49.8 Å². The van der Waals surface area contributed by atoms with Crippen LogP contribution in [0.25, 0.3) is 0 Å². The molecule has 126 valence electrons. The number of rotatable bonds is 4. The maximum absolute atomic E-state index is 13.0. The fourth-order valence-corrected chi connectivity index (χ4v) is 3.46. The molecule has 4 heteroatoms. The molecular formula is C20H23NO3. The molecule has 0 spiro atoms. The van der Waals surface area contributed by atoms with Crippen molar-refractivity contribution in [2.24, 2.45) is 5.92 Å². The number of benzene rings is 2. The third-order valence-corrected chi connectivity index (χ3v) is 4.89. The summed E-state index contributed by atoms with van der Waals surface area (Å²) in [6, 6.07) is 14.8. The van der Waals surface area contributed by atoms with Gasteiger partial charge in [0.05, 0.1) is 5.92 Å². The first-order valence-electron chi connectivity index (χ1n) is 8.42. The molecule has 3 rings (SSSR count). The number of carbonyl (C=O) groups is 1. The Morgan fingerprint density at radius 1 is 1.04 bits per heavy atom. The maximum Gasteiger partial charge on any atom is 0.229 e. The summed E-state index contributed by atoms with van der Waals surface area (Å²) in [4.78, 5) is 14.7. The molecule has 0 saturated carbocycles. The highest BCUT2D eigenvalue weighted by Gasteiger charge is 2.48. The normalized spacial score (nSPS) is 15.7. The molecule has 0 fully saturated rings. The lowest BCUT2D eigenvalue weighted by Gasteiger charge is -2.40. The standard InChI is InChI=1S/C20H23NO3/c1-4-21(5-2)19(22)14(3)20(23)15-10-6-8-12-17(15)24-18-13-9-7-11-16(18)20/h6-14,23H,4-5H2,1-3H3/t14-/m0/s1. The number of nitrogens with zero attached hydrogens (tertiary/aromatic N) is 1. The minimum atomic E-state index is -1.41. The van der Waals surface area contributed by atoms with E-state index in [9.17, 15) is 9.90 Å². The molecule has 0 aliphatic carbocycles. The van der Waals surface area contributed by atoms with Crippen molar-refractivity contribution in [3.63, 3.8) is 0 Å². The van der Waals surface area contributed by atoms with Crippen LogP contribution in [0.1, 0.15) is 31.9 Å². The van der Waals surface area contributed by atoms with Crippen molar-refractivity contribution in [1.29, 1.82) is 0 Å². The van der Waals surface area contributed by atoms with Crippen molar-refractivity contribution < 1.29 is 14.6 Å². The Hall–Kier alpha value is -2.33. The van der Waals surface area contributed by atoms with Crippen LogP contribution in [-0.4, -0.2) is 29.0 Å². The molecular weight excluding hydrogens is 302 g/mol. The van der Waals surface area contributed by atoms with Crippen LogP contribution in [-0.2, 0) is 10.4 Å². The van der Waals surface area contributed by atoms with Gasteiger partial charge >= 0.3 is 0 Å². The predicted molar refractivity (Wildman–Crippen MR) is 93.0 cm³/mol. The van der Waals surface area contributed by atoms with E-state index in [-0.39, 0.29) is 5.91 Å². The van der Waals surface area contributed by atoms with Gasteiger partial charge in [-0.05, 0) is 26.0 Å². The molecule has 2 aromatic rings. The van der Waals surface area contributed by atoms with E-state index in [0.29, 0.717) is 35.7 Å². The zero-order valence-electron chi connectivity index (χ0n) is 14.3. The number of hydrogen-bond acceptors (Lipinski definition) is 3. The molecule has 4 nitrogen and oxygen atoms in total. The van der Waals surface area contributed by atoms with Gasteiger partial charge in [-0.25, -0.2) is 0 Å². The van der Waals surface area contributed by atoms with E-state index in [0.717, 1.165) is 0 Å². The van der Waals surface area contributed by atoms with Gasteiger partial charge in [0, 0.05) is 24.2 Å². The summed E-state index contributed by atoms with van der Waals surface area (Å²) in [6.45, 7) is 6.93. The van der Waals surface area contributed by atoms with Gasteiger partial charge in [-0.3, -0.25) is 4.79 Å². The van der Waals surface area contributed by atoms with Crippen LogP contribution in [0.2, 0.25) is 0 Å². The van der Waals surface area contributed by atoms with Crippen LogP contribution in [0.3, 0.4) is 0 Å². The zero-order chi connectivity index (χ0) is 17.3. The monoisotopic (exact) mass is 325 g/mol. The highest BCUT2D eigenvalue weighted by Crippen LogP contribution is 2.50. The number of ether oxygens (including phenoxy) is 1. The van der Waals surface area contributed by atoms with Crippen LogP contribution in [0, 0.1) is 5.92 Å². The minimum absolute atomic E-state index is 0.0611. The van der Waals surface area contributed by atoms with Crippen molar-refractivity contribution in [3.05, 3.63) is 59.7 Å². The average molecular weight is 325 g/mol. The number of para-hydroxylation sites is 2. The summed E-state index contributed by atoms with van der Waals surface area (Å²) in [5.74, 6) is 0.508. The molecule has 1 aliphatic rings. The molecule has 0 unspecified atom stereocenters. The maximum atomic E-state index is 13.0. The highest BCUT2D eigenvalue weighted by molar-refractivity contribution is 5.81. The molecule has 2 aromatic carbocycles. The third-order valence-electron chi connectivity index (χ3n) is 4.89. The van der Waals surface area contributed by atoms with Gasteiger partial charge in [0.1, 0.15) is 17.1 Å². The molecule has 1 N–H and O–H groups in total. The zero-order valence-corrected chi connectivity index (χ0v) is 14.3. The first-order valence-corrected chi connectivity index (χ1v) is 8.42. The second kappa shape index (κ2) is 6.29. The van der Waals surface area contributed by atoms with E-state index in [4.69, 9.17) is 4.74 Å². The highest BCUT2D eigenvalue weighted by atomic mass is 16.5. The Morgan fingerprint density at radius 3 is 1.96 bits per heavy atom. The van der Waals surface area contributed by atoms with Gasteiger partial charge < -0.3 is 14.7 Å². The van der Waals surface area contributed by atoms with Crippen molar-refractivity contribution >= 4 is 5.91 Å². The number of hydrogen-bond donors (Lipinski definition) is 1. The summed E-state index contributed by atoms with van der Waals surface area (Å²) >= 11 is 0. The summed E-state index contributed by atoms with van der Waals surface area (Å²) in [7, 11) is 0. The summed E-state index contributed by atoms with van der Waals surface area (Å²) in [5, 5.41) is 11.7. The van der Waals surface area contributed by atoms with Gasteiger partial charge in [0.2, 0.25) is 5.91 Å². The average Bonchev–Trinajstić information content (AvgIpc) is 2.62. The Kier molecular flexibility index (Phi) is 4.33. The molecule has 0 saturated heterocycles. The van der Waals surface area contributed by atoms with E-state index >= 15 is 0 Å². The lowest BCUT2D eigenvalue weighted by Crippen LogP contribution is -2.47. The van der Waals surface area contributed by atoms with Crippen molar-refractivity contribution in [2.45, 2.75) is 26.4 Å². The number of fused-ring (bicyclic) bond motifs is 2. The number of aliphatic hydroxyl groups is 1. The predicted octanol–water partition coefficient (Wildman–Crippen LogP) is 3.53. The van der Waals surface area contributed by atoms with Gasteiger partial charge in [-0.15, -0.1) is 0 Å². The van der Waals surface area contributed by atoms with Crippen LogP contribution in [0.4, 0.5) is 0 Å². The Morgan fingerprint density at radius 2 is 1.50 bits per heavy atom. The second-order valence-corrected chi connectivity index (χ2v) is 6.09. The molecule has 1 amide bonds. The lowest BCUT2D eigenvalue weighted by molar-refractivity contribution is -0.142.